The van der Waals surface area contributed by atoms with Crippen LogP contribution < -0.4 is 9.47 Å². The third-order valence-corrected chi connectivity index (χ3v) is 6.90. The summed E-state index contributed by atoms with van der Waals surface area (Å²) in [4.78, 5) is 0.514. The fraction of sp³-hybridized carbons (Fsp3) is 0.143. The lowest BCUT2D eigenvalue weighted by molar-refractivity contribution is 0.242. The molecule has 0 saturated carbocycles. The zero-order chi connectivity index (χ0) is 23.4. The second-order valence-corrected chi connectivity index (χ2v) is 10.1. The molecule has 4 nitrogen and oxygen atoms in total. The van der Waals surface area contributed by atoms with Gasteiger partial charge in [-0.1, -0.05) is 42.0 Å². The Bertz CT molecular complexity index is 1310. The Morgan fingerprint density at radius 1 is 0.576 bits per heavy atom. The minimum absolute atomic E-state index is 0.143. The van der Waals surface area contributed by atoms with Crippen molar-refractivity contribution in [1.29, 1.82) is 0 Å². The van der Waals surface area contributed by atoms with Gasteiger partial charge in [0.2, 0.25) is 9.84 Å². The van der Waals surface area contributed by atoms with E-state index in [9.17, 15) is 8.42 Å². The van der Waals surface area contributed by atoms with Crippen molar-refractivity contribution >= 4 is 9.84 Å². The summed E-state index contributed by atoms with van der Waals surface area (Å²) in [6.45, 7) is 5.93. The molecular formula is C28H26O4S. The smallest absolute Gasteiger partial charge is 0.206 e. The summed E-state index contributed by atoms with van der Waals surface area (Å²) in [5, 5.41) is 0. The molecule has 4 aromatic rings. The van der Waals surface area contributed by atoms with Gasteiger partial charge in [-0.2, -0.15) is 0 Å². The first-order chi connectivity index (χ1) is 15.8. The molecule has 33 heavy (non-hydrogen) atoms. The van der Waals surface area contributed by atoms with Crippen LogP contribution >= 0.6 is 0 Å². The third kappa shape index (κ3) is 5.44. The molecule has 0 unspecified atom stereocenters. The van der Waals surface area contributed by atoms with Crippen LogP contribution in [0.2, 0.25) is 0 Å². The molecule has 0 aromatic heterocycles. The fourth-order valence-corrected chi connectivity index (χ4v) is 4.65. The predicted octanol–water partition coefficient (Wildman–Crippen LogP) is 7.07. The zero-order valence-corrected chi connectivity index (χ0v) is 19.7. The molecule has 4 aromatic carbocycles. The molecule has 0 N–H and O–H groups in total. The van der Waals surface area contributed by atoms with Crippen molar-refractivity contribution in [3.8, 4) is 28.4 Å². The van der Waals surface area contributed by atoms with E-state index < -0.39 is 9.84 Å². The van der Waals surface area contributed by atoms with Gasteiger partial charge in [-0.15, -0.1) is 0 Å². The van der Waals surface area contributed by atoms with Crippen molar-refractivity contribution in [2.45, 2.75) is 36.7 Å². The van der Waals surface area contributed by atoms with Crippen LogP contribution in [-0.4, -0.2) is 14.5 Å². The SMILES string of the molecule is Cc1ccc(S(=O)(=O)c2ccc(Oc3ccc(-c4ccc(OC(C)C)cc4)cc3)cc2)cc1. The van der Waals surface area contributed by atoms with Crippen LogP contribution in [-0.2, 0) is 9.84 Å². The normalized spacial score (nSPS) is 11.4. The summed E-state index contributed by atoms with van der Waals surface area (Å²) in [7, 11) is -3.56. The Morgan fingerprint density at radius 2 is 0.970 bits per heavy atom. The van der Waals surface area contributed by atoms with Gasteiger partial charge in [-0.3, -0.25) is 0 Å². The average Bonchev–Trinajstić information content (AvgIpc) is 2.80. The van der Waals surface area contributed by atoms with Crippen molar-refractivity contribution in [2.75, 3.05) is 0 Å². The molecule has 168 valence electrons. The highest BCUT2D eigenvalue weighted by molar-refractivity contribution is 7.91. The fourth-order valence-electron chi connectivity index (χ4n) is 3.39. The van der Waals surface area contributed by atoms with Crippen molar-refractivity contribution in [3.63, 3.8) is 0 Å². The number of benzene rings is 4. The van der Waals surface area contributed by atoms with Crippen molar-refractivity contribution in [1.82, 2.24) is 0 Å². The summed E-state index contributed by atoms with van der Waals surface area (Å²) in [6, 6.07) is 29.1. The standard InChI is InChI=1S/C28H26O4S/c1-20(2)31-24-10-6-22(7-11-24)23-8-12-25(13-9-23)32-26-14-18-28(19-15-26)33(29,30)27-16-4-21(3)5-17-27/h4-20H,1-3H3. The molecule has 0 fully saturated rings. The van der Waals surface area contributed by atoms with Crippen LogP contribution in [0.3, 0.4) is 0 Å². The first kappa shape index (κ1) is 22.6. The van der Waals surface area contributed by atoms with Crippen LogP contribution in [0, 0.1) is 6.92 Å². The van der Waals surface area contributed by atoms with Crippen LogP contribution in [0.25, 0.3) is 11.1 Å². The lowest BCUT2D eigenvalue weighted by Gasteiger charge is -2.11. The van der Waals surface area contributed by atoms with Gasteiger partial charge >= 0.3 is 0 Å². The van der Waals surface area contributed by atoms with Crippen molar-refractivity contribution in [2.24, 2.45) is 0 Å². The summed E-state index contributed by atoms with van der Waals surface area (Å²) in [5.74, 6) is 2.09. The highest BCUT2D eigenvalue weighted by atomic mass is 32.2. The van der Waals surface area contributed by atoms with E-state index in [0.29, 0.717) is 11.5 Å². The molecule has 0 aliphatic heterocycles. The van der Waals surface area contributed by atoms with Crippen LogP contribution in [0.4, 0.5) is 0 Å². The topological polar surface area (TPSA) is 52.6 Å². The van der Waals surface area contributed by atoms with Gasteiger partial charge in [-0.25, -0.2) is 8.42 Å². The molecule has 0 heterocycles. The van der Waals surface area contributed by atoms with E-state index in [1.165, 1.54) is 0 Å². The molecule has 0 radical (unpaired) electrons. The van der Waals surface area contributed by atoms with Crippen LogP contribution in [0.15, 0.2) is 107 Å². The lowest BCUT2D eigenvalue weighted by Crippen LogP contribution is -2.05. The van der Waals surface area contributed by atoms with Gasteiger partial charge in [0.05, 0.1) is 15.9 Å². The Labute approximate surface area is 195 Å². The predicted molar refractivity (Wildman–Crippen MR) is 131 cm³/mol. The van der Waals surface area contributed by atoms with E-state index in [-0.39, 0.29) is 15.9 Å². The maximum absolute atomic E-state index is 12.8. The van der Waals surface area contributed by atoms with E-state index in [2.05, 4.69) is 0 Å². The Balaban J connectivity index is 1.44. The van der Waals surface area contributed by atoms with E-state index in [1.807, 2.05) is 69.3 Å². The van der Waals surface area contributed by atoms with Crippen molar-refractivity contribution < 1.29 is 17.9 Å². The largest absolute Gasteiger partial charge is 0.491 e. The lowest BCUT2D eigenvalue weighted by atomic mass is 10.1. The number of sulfone groups is 1. The summed E-state index contributed by atoms with van der Waals surface area (Å²) in [6.07, 6.45) is 0.143. The summed E-state index contributed by atoms with van der Waals surface area (Å²) in [5.41, 5.74) is 3.17. The quantitative estimate of drug-likeness (QED) is 0.297. The maximum atomic E-state index is 12.8. The molecule has 0 atom stereocenters. The summed E-state index contributed by atoms with van der Waals surface area (Å²) >= 11 is 0. The Morgan fingerprint density at radius 3 is 1.42 bits per heavy atom. The number of hydrogen-bond donors (Lipinski definition) is 0. The number of aryl methyl sites for hydroxylation is 1. The molecule has 0 aliphatic rings. The molecular weight excluding hydrogens is 432 g/mol. The van der Waals surface area contributed by atoms with E-state index in [4.69, 9.17) is 9.47 Å². The molecule has 0 spiro atoms. The molecule has 0 saturated heterocycles. The second kappa shape index (κ2) is 9.51. The molecule has 5 heteroatoms. The highest BCUT2D eigenvalue weighted by Crippen LogP contribution is 2.29. The number of hydrogen-bond acceptors (Lipinski definition) is 4. The van der Waals surface area contributed by atoms with Gasteiger partial charge < -0.3 is 9.47 Å². The molecule has 0 bridgehead atoms. The first-order valence-electron chi connectivity index (χ1n) is 10.8. The minimum atomic E-state index is -3.56. The molecule has 0 aliphatic carbocycles. The average molecular weight is 459 g/mol. The van der Waals surface area contributed by atoms with Gasteiger partial charge in [0.25, 0.3) is 0 Å². The first-order valence-corrected chi connectivity index (χ1v) is 12.3. The number of ether oxygens (including phenoxy) is 2. The van der Waals surface area contributed by atoms with Gasteiger partial charge in [0, 0.05) is 0 Å². The summed E-state index contributed by atoms with van der Waals surface area (Å²) < 4.78 is 37.2. The minimum Gasteiger partial charge on any atom is -0.491 e. The number of rotatable bonds is 7. The van der Waals surface area contributed by atoms with E-state index >= 15 is 0 Å². The zero-order valence-electron chi connectivity index (χ0n) is 18.9. The maximum Gasteiger partial charge on any atom is 0.206 e. The second-order valence-electron chi connectivity index (χ2n) is 8.11. The van der Waals surface area contributed by atoms with Gasteiger partial charge in [0.15, 0.2) is 0 Å². The Hall–Kier alpha value is -3.57. The monoisotopic (exact) mass is 458 g/mol. The van der Waals surface area contributed by atoms with Crippen molar-refractivity contribution in [3.05, 3.63) is 103 Å². The third-order valence-electron chi connectivity index (χ3n) is 5.11. The van der Waals surface area contributed by atoms with Crippen LogP contribution in [0.1, 0.15) is 19.4 Å². The molecule has 0 amide bonds. The highest BCUT2D eigenvalue weighted by Gasteiger charge is 2.17. The van der Waals surface area contributed by atoms with E-state index in [1.54, 1.807) is 48.5 Å². The van der Waals surface area contributed by atoms with Gasteiger partial charge in [0.1, 0.15) is 17.2 Å². The van der Waals surface area contributed by atoms with Gasteiger partial charge in [-0.05, 0) is 92.6 Å². The van der Waals surface area contributed by atoms with Crippen LogP contribution in [0.5, 0.6) is 17.2 Å². The van der Waals surface area contributed by atoms with E-state index in [0.717, 1.165) is 22.4 Å². The molecule has 4 rings (SSSR count). The Kier molecular flexibility index (Phi) is 6.52.